The minimum atomic E-state index is -0.220. The molecule has 0 aromatic carbocycles. The van der Waals surface area contributed by atoms with Crippen molar-refractivity contribution in [1.82, 2.24) is 14.9 Å². The number of aromatic nitrogens is 2. The first-order valence-corrected chi connectivity index (χ1v) is 9.85. The first kappa shape index (κ1) is 18.6. The summed E-state index contributed by atoms with van der Waals surface area (Å²) in [5.41, 5.74) is 0. The van der Waals surface area contributed by atoms with E-state index in [-0.39, 0.29) is 24.3 Å². The molecule has 140 valence electrons. The molecule has 1 amide bonds. The molecule has 0 radical (unpaired) electrons. The lowest BCUT2D eigenvalue weighted by molar-refractivity contribution is -0.151. The highest BCUT2D eigenvalue weighted by molar-refractivity contribution is 7.18. The molecule has 1 aliphatic rings. The molecular formula is C18H24N4O3S. The second-order valence-corrected chi connectivity index (χ2v) is 7.41. The maximum absolute atomic E-state index is 12.6. The molecule has 2 aromatic rings. The van der Waals surface area contributed by atoms with E-state index >= 15 is 0 Å². The van der Waals surface area contributed by atoms with Gasteiger partial charge in [-0.15, -0.1) is 11.3 Å². The van der Waals surface area contributed by atoms with E-state index in [1.54, 1.807) is 23.2 Å². The van der Waals surface area contributed by atoms with Crippen molar-refractivity contribution in [3.05, 3.63) is 17.3 Å². The lowest BCUT2D eigenvalue weighted by Gasteiger charge is -2.31. The number of thiophene rings is 1. The normalized spacial score (nSPS) is 17.3. The molecule has 0 saturated carbocycles. The summed E-state index contributed by atoms with van der Waals surface area (Å²) < 4.78 is 5.09. The number of likely N-dealkylation sites (tertiary alicyclic amines) is 1. The number of rotatable bonds is 6. The molecule has 2 aromatic heterocycles. The van der Waals surface area contributed by atoms with Crippen LogP contribution in [0.3, 0.4) is 0 Å². The first-order valence-electron chi connectivity index (χ1n) is 9.04. The molecule has 3 rings (SSSR count). The van der Waals surface area contributed by atoms with Crippen LogP contribution in [0, 0.1) is 5.92 Å². The van der Waals surface area contributed by atoms with Crippen LogP contribution in [0.15, 0.2) is 12.4 Å². The Balaban J connectivity index is 1.62. The topological polar surface area (TPSA) is 84.4 Å². The van der Waals surface area contributed by atoms with Crippen LogP contribution in [-0.2, 0) is 20.7 Å². The SMILES string of the molecule is CCOC(=O)C1CCCN(C(=O)CNc2ncnc3sc(CC)cc23)C1. The summed E-state index contributed by atoms with van der Waals surface area (Å²) >= 11 is 1.64. The van der Waals surface area contributed by atoms with E-state index in [0.29, 0.717) is 25.5 Å². The van der Waals surface area contributed by atoms with Crippen LogP contribution in [0.5, 0.6) is 0 Å². The van der Waals surface area contributed by atoms with Crippen LogP contribution in [0.25, 0.3) is 10.2 Å². The third kappa shape index (κ3) is 4.12. The number of carbonyl (C=O) groups excluding carboxylic acids is 2. The summed E-state index contributed by atoms with van der Waals surface area (Å²) in [6, 6.07) is 2.07. The number of anilines is 1. The lowest BCUT2D eigenvalue weighted by Crippen LogP contribution is -2.45. The third-order valence-electron chi connectivity index (χ3n) is 4.53. The van der Waals surface area contributed by atoms with Crippen molar-refractivity contribution in [2.24, 2.45) is 5.92 Å². The standard InChI is InChI=1S/C18H24N4O3S/c1-3-13-8-14-16(20-11-21-17(14)26-13)19-9-15(23)22-7-5-6-12(10-22)18(24)25-4-2/h8,11-12H,3-7,9-10H2,1-2H3,(H,19,20,21). The van der Waals surface area contributed by atoms with Crippen molar-refractivity contribution in [3.8, 4) is 0 Å². The molecule has 26 heavy (non-hydrogen) atoms. The van der Waals surface area contributed by atoms with E-state index < -0.39 is 0 Å². The Morgan fingerprint density at radius 3 is 3.00 bits per heavy atom. The van der Waals surface area contributed by atoms with Gasteiger partial charge < -0.3 is 15.0 Å². The first-order chi connectivity index (χ1) is 12.6. The monoisotopic (exact) mass is 376 g/mol. The van der Waals surface area contributed by atoms with Crippen LogP contribution >= 0.6 is 11.3 Å². The zero-order chi connectivity index (χ0) is 18.5. The van der Waals surface area contributed by atoms with Gasteiger partial charge in [0.25, 0.3) is 0 Å². The number of nitrogens with zero attached hydrogens (tertiary/aromatic N) is 3. The molecule has 7 nitrogen and oxygen atoms in total. The number of hydrogen-bond acceptors (Lipinski definition) is 7. The number of carbonyl (C=O) groups is 2. The Hall–Kier alpha value is -2.22. The van der Waals surface area contributed by atoms with Crippen molar-refractivity contribution >= 4 is 39.2 Å². The van der Waals surface area contributed by atoms with E-state index in [4.69, 9.17) is 4.74 Å². The fraction of sp³-hybridized carbons (Fsp3) is 0.556. The Bertz CT molecular complexity index is 792. The molecule has 0 aliphatic carbocycles. The predicted molar refractivity (Wildman–Crippen MR) is 101 cm³/mol. The van der Waals surface area contributed by atoms with Gasteiger partial charge in [-0.05, 0) is 32.3 Å². The summed E-state index contributed by atoms with van der Waals surface area (Å²) in [5, 5.41) is 4.09. The summed E-state index contributed by atoms with van der Waals surface area (Å²) in [5.74, 6) is 0.221. The predicted octanol–water partition coefficient (Wildman–Crippen LogP) is 2.47. The van der Waals surface area contributed by atoms with Gasteiger partial charge in [0.2, 0.25) is 5.91 Å². The maximum atomic E-state index is 12.6. The van der Waals surface area contributed by atoms with Crippen LogP contribution < -0.4 is 5.32 Å². The van der Waals surface area contributed by atoms with Crippen molar-refractivity contribution in [1.29, 1.82) is 0 Å². The zero-order valence-corrected chi connectivity index (χ0v) is 16.0. The zero-order valence-electron chi connectivity index (χ0n) is 15.2. The molecule has 1 atom stereocenters. The quantitative estimate of drug-likeness (QED) is 0.780. The van der Waals surface area contributed by atoms with Crippen LogP contribution in [0.4, 0.5) is 5.82 Å². The van der Waals surface area contributed by atoms with Gasteiger partial charge in [0.15, 0.2) is 0 Å². The molecule has 8 heteroatoms. The third-order valence-corrected chi connectivity index (χ3v) is 5.72. The van der Waals surface area contributed by atoms with E-state index in [1.807, 2.05) is 0 Å². The summed E-state index contributed by atoms with van der Waals surface area (Å²) in [4.78, 5) is 37.0. The van der Waals surface area contributed by atoms with Crippen LogP contribution in [-0.4, -0.2) is 53.0 Å². The molecule has 1 N–H and O–H groups in total. The number of nitrogens with one attached hydrogen (secondary N) is 1. The van der Waals surface area contributed by atoms with E-state index in [9.17, 15) is 9.59 Å². The number of aryl methyl sites for hydroxylation is 1. The summed E-state index contributed by atoms with van der Waals surface area (Å²) in [6.07, 6.45) is 4.06. The van der Waals surface area contributed by atoms with Crippen LogP contribution in [0.2, 0.25) is 0 Å². The van der Waals surface area contributed by atoms with Crippen molar-refractivity contribution in [2.45, 2.75) is 33.1 Å². The summed E-state index contributed by atoms with van der Waals surface area (Å²) in [6.45, 7) is 5.52. The highest BCUT2D eigenvalue weighted by atomic mass is 32.1. The number of esters is 1. The Kier molecular flexibility index (Phi) is 6.03. The lowest BCUT2D eigenvalue weighted by atomic mass is 9.98. The Morgan fingerprint density at radius 1 is 1.38 bits per heavy atom. The van der Waals surface area contributed by atoms with E-state index in [2.05, 4.69) is 28.3 Å². The smallest absolute Gasteiger partial charge is 0.310 e. The Labute approximate surface area is 156 Å². The molecule has 1 unspecified atom stereocenters. The molecular weight excluding hydrogens is 352 g/mol. The minimum Gasteiger partial charge on any atom is -0.466 e. The van der Waals surface area contributed by atoms with Gasteiger partial charge >= 0.3 is 5.97 Å². The fourth-order valence-electron chi connectivity index (χ4n) is 3.15. The molecule has 3 heterocycles. The van der Waals surface area contributed by atoms with Gasteiger partial charge in [-0.2, -0.15) is 0 Å². The van der Waals surface area contributed by atoms with Gasteiger partial charge in [0, 0.05) is 18.0 Å². The van der Waals surface area contributed by atoms with Gasteiger partial charge in [0.05, 0.1) is 24.5 Å². The average Bonchev–Trinajstić information content (AvgIpc) is 3.10. The molecule has 0 bridgehead atoms. The molecule has 1 fully saturated rings. The summed E-state index contributed by atoms with van der Waals surface area (Å²) in [7, 11) is 0. The molecule has 1 aliphatic heterocycles. The largest absolute Gasteiger partial charge is 0.466 e. The highest BCUT2D eigenvalue weighted by Gasteiger charge is 2.29. The number of amides is 1. The number of ether oxygens (including phenoxy) is 1. The van der Waals surface area contributed by atoms with Crippen LogP contribution in [0.1, 0.15) is 31.6 Å². The average molecular weight is 376 g/mol. The molecule has 1 saturated heterocycles. The second-order valence-electron chi connectivity index (χ2n) is 6.29. The number of fused-ring (bicyclic) bond motifs is 1. The maximum Gasteiger partial charge on any atom is 0.310 e. The van der Waals surface area contributed by atoms with Crippen molar-refractivity contribution in [3.63, 3.8) is 0 Å². The van der Waals surface area contributed by atoms with Crippen molar-refractivity contribution < 1.29 is 14.3 Å². The second kappa shape index (κ2) is 8.44. The molecule has 0 spiro atoms. The van der Waals surface area contributed by atoms with E-state index in [0.717, 1.165) is 29.5 Å². The van der Waals surface area contributed by atoms with Gasteiger partial charge in [-0.25, -0.2) is 9.97 Å². The van der Waals surface area contributed by atoms with Gasteiger partial charge in [-0.3, -0.25) is 9.59 Å². The van der Waals surface area contributed by atoms with Gasteiger partial charge in [-0.1, -0.05) is 6.92 Å². The number of hydrogen-bond donors (Lipinski definition) is 1. The Morgan fingerprint density at radius 2 is 2.23 bits per heavy atom. The van der Waals surface area contributed by atoms with E-state index in [1.165, 1.54) is 11.2 Å². The minimum absolute atomic E-state index is 0.0308. The fourth-order valence-corrected chi connectivity index (χ4v) is 4.08. The van der Waals surface area contributed by atoms with Gasteiger partial charge in [0.1, 0.15) is 17.0 Å². The van der Waals surface area contributed by atoms with Crippen molar-refractivity contribution in [2.75, 3.05) is 31.6 Å². The highest BCUT2D eigenvalue weighted by Crippen LogP contribution is 2.28. The number of piperidine rings is 1.